The van der Waals surface area contributed by atoms with Crippen molar-refractivity contribution in [1.29, 1.82) is 0 Å². The van der Waals surface area contributed by atoms with Crippen LogP contribution in [0.5, 0.6) is 0 Å². The fourth-order valence-electron chi connectivity index (χ4n) is 2.16. The first kappa shape index (κ1) is 19.2. The van der Waals surface area contributed by atoms with Crippen LogP contribution in [-0.4, -0.2) is 38.0 Å². The van der Waals surface area contributed by atoms with E-state index in [1.165, 1.54) is 6.42 Å². The summed E-state index contributed by atoms with van der Waals surface area (Å²) in [5.41, 5.74) is -0.0456. The van der Waals surface area contributed by atoms with Crippen LogP contribution in [0.15, 0.2) is 0 Å². The molecular formula is C14H28ClN3O2. The summed E-state index contributed by atoms with van der Waals surface area (Å²) >= 11 is 0. The lowest BCUT2D eigenvalue weighted by molar-refractivity contribution is -0.127. The van der Waals surface area contributed by atoms with E-state index < -0.39 is 0 Å². The molecule has 3 N–H and O–H groups in total. The molecule has 1 atom stereocenters. The van der Waals surface area contributed by atoms with Gasteiger partial charge >= 0.3 is 0 Å². The molecule has 1 saturated heterocycles. The minimum atomic E-state index is -0.104. The van der Waals surface area contributed by atoms with Crippen LogP contribution in [0.25, 0.3) is 0 Å². The summed E-state index contributed by atoms with van der Waals surface area (Å²) in [6, 6.07) is 0. The molecule has 20 heavy (non-hydrogen) atoms. The first-order valence-corrected chi connectivity index (χ1v) is 7.11. The highest BCUT2D eigenvalue weighted by Crippen LogP contribution is 2.17. The molecule has 5 nitrogen and oxygen atoms in total. The molecule has 1 aliphatic rings. The number of rotatable bonds is 6. The minimum Gasteiger partial charge on any atom is -0.355 e. The van der Waals surface area contributed by atoms with Gasteiger partial charge in [-0.05, 0) is 37.3 Å². The Kier molecular flexibility index (Phi) is 8.81. The lowest BCUT2D eigenvalue weighted by Crippen LogP contribution is -2.38. The van der Waals surface area contributed by atoms with E-state index in [1.54, 1.807) is 0 Å². The Balaban J connectivity index is 0.00000361. The first-order valence-electron chi connectivity index (χ1n) is 7.11. The molecule has 0 spiro atoms. The van der Waals surface area contributed by atoms with Gasteiger partial charge in [0.05, 0.1) is 6.54 Å². The lowest BCUT2D eigenvalue weighted by atomic mass is 9.92. The van der Waals surface area contributed by atoms with E-state index in [-0.39, 0.29) is 36.2 Å². The molecule has 0 radical (unpaired) electrons. The molecule has 1 heterocycles. The topological polar surface area (TPSA) is 70.2 Å². The second kappa shape index (κ2) is 9.19. The average molecular weight is 306 g/mol. The van der Waals surface area contributed by atoms with Crippen molar-refractivity contribution in [2.75, 3.05) is 26.2 Å². The number of nitrogens with one attached hydrogen (secondary N) is 3. The van der Waals surface area contributed by atoms with E-state index in [2.05, 4.69) is 16.0 Å². The largest absolute Gasteiger partial charge is 0.355 e. The zero-order valence-corrected chi connectivity index (χ0v) is 13.6. The quantitative estimate of drug-likeness (QED) is 0.687. The summed E-state index contributed by atoms with van der Waals surface area (Å²) in [4.78, 5) is 23.1. The molecule has 0 bridgehead atoms. The fraction of sp³-hybridized carbons (Fsp3) is 0.857. The van der Waals surface area contributed by atoms with Crippen LogP contribution in [-0.2, 0) is 9.59 Å². The summed E-state index contributed by atoms with van der Waals surface area (Å²) in [6.07, 6.45) is 2.64. The van der Waals surface area contributed by atoms with E-state index in [9.17, 15) is 9.59 Å². The fourth-order valence-corrected chi connectivity index (χ4v) is 2.16. The van der Waals surface area contributed by atoms with Gasteiger partial charge in [0.2, 0.25) is 11.8 Å². The van der Waals surface area contributed by atoms with Crippen LogP contribution in [0.4, 0.5) is 0 Å². The molecule has 6 heteroatoms. The van der Waals surface area contributed by atoms with Crippen LogP contribution in [0.3, 0.4) is 0 Å². The number of halogens is 1. The molecule has 1 fully saturated rings. The number of hydrogen-bond donors (Lipinski definition) is 3. The van der Waals surface area contributed by atoms with Crippen LogP contribution in [0.2, 0.25) is 0 Å². The highest BCUT2D eigenvalue weighted by molar-refractivity contribution is 5.85. The summed E-state index contributed by atoms with van der Waals surface area (Å²) in [6.45, 7) is 8.92. The van der Waals surface area contributed by atoms with E-state index >= 15 is 0 Å². The van der Waals surface area contributed by atoms with Crippen molar-refractivity contribution in [3.8, 4) is 0 Å². The standard InChI is InChI=1S/C14H27N3O2.ClH/c1-14(2,3)8-12(18)17-10-13(19)16-7-5-11-4-6-15-9-11;/h11,15H,4-10H2,1-3H3,(H,16,19)(H,17,18);1H. The molecule has 118 valence electrons. The van der Waals surface area contributed by atoms with Gasteiger partial charge in [0.25, 0.3) is 0 Å². The van der Waals surface area contributed by atoms with Crippen molar-refractivity contribution in [2.24, 2.45) is 11.3 Å². The van der Waals surface area contributed by atoms with E-state index in [4.69, 9.17) is 0 Å². The van der Waals surface area contributed by atoms with Crippen molar-refractivity contribution >= 4 is 24.2 Å². The Labute approximate surface area is 128 Å². The zero-order chi connectivity index (χ0) is 14.3. The Bertz CT molecular complexity index is 310. The first-order chi connectivity index (χ1) is 8.87. The second-order valence-electron chi connectivity index (χ2n) is 6.51. The van der Waals surface area contributed by atoms with Crippen molar-refractivity contribution < 1.29 is 9.59 Å². The highest BCUT2D eigenvalue weighted by atomic mass is 35.5. The average Bonchev–Trinajstić information content (AvgIpc) is 2.77. The highest BCUT2D eigenvalue weighted by Gasteiger charge is 2.17. The number of hydrogen-bond acceptors (Lipinski definition) is 3. The monoisotopic (exact) mass is 305 g/mol. The molecule has 1 rings (SSSR count). The van der Waals surface area contributed by atoms with Gasteiger partial charge in [-0.25, -0.2) is 0 Å². The van der Waals surface area contributed by atoms with Gasteiger partial charge in [-0.3, -0.25) is 9.59 Å². The maximum Gasteiger partial charge on any atom is 0.239 e. The third-order valence-electron chi connectivity index (χ3n) is 3.17. The van der Waals surface area contributed by atoms with Gasteiger partial charge < -0.3 is 16.0 Å². The molecule has 0 aromatic heterocycles. The van der Waals surface area contributed by atoms with Gasteiger partial charge in [0.15, 0.2) is 0 Å². The molecular weight excluding hydrogens is 278 g/mol. The Morgan fingerprint density at radius 3 is 2.45 bits per heavy atom. The normalized spacial score (nSPS) is 18.2. The molecule has 1 unspecified atom stereocenters. The molecule has 1 aliphatic heterocycles. The molecule has 0 aromatic carbocycles. The number of carbonyl (C=O) groups is 2. The lowest BCUT2D eigenvalue weighted by Gasteiger charge is -2.17. The van der Waals surface area contributed by atoms with Crippen molar-refractivity contribution in [3.05, 3.63) is 0 Å². The summed E-state index contributed by atoms with van der Waals surface area (Å²) in [7, 11) is 0. The van der Waals surface area contributed by atoms with Gasteiger partial charge in [0.1, 0.15) is 0 Å². The maximum atomic E-state index is 11.5. The summed E-state index contributed by atoms with van der Waals surface area (Å²) < 4.78 is 0. The Morgan fingerprint density at radius 2 is 1.90 bits per heavy atom. The van der Waals surface area contributed by atoms with Crippen LogP contribution in [0.1, 0.15) is 40.0 Å². The zero-order valence-electron chi connectivity index (χ0n) is 12.8. The number of amides is 2. The smallest absolute Gasteiger partial charge is 0.239 e. The summed E-state index contributed by atoms with van der Waals surface area (Å²) in [5.74, 6) is 0.506. The predicted molar refractivity (Wildman–Crippen MR) is 82.9 cm³/mol. The number of carbonyl (C=O) groups excluding carboxylic acids is 2. The van der Waals surface area contributed by atoms with E-state index in [0.717, 1.165) is 19.5 Å². The maximum absolute atomic E-state index is 11.5. The molecule has 0 aromatic rings. The van der Waals surface area contributed by atoms with Crippen LogP contribution in [0, 0.1) is 11.3 Å². The predicted octanol–water partition coefficient (Wildman–Crippen LogP) is 1.08. The van der Waals surface area contributed by atoms with E-state index in [1.807, 2.05) is 20.8 Å². The van der Waals surface area contributed by atoms with E-state index in [0.29, 0.717) is 18.9 Å². The van der Waals surface area contributed by atoms with Crippen molar-refractivity contribution in [3.63, 3.8) is 0 Å². The third kappa shape index (κ3) is 9.15. The van der Waals surface area contributed by atoms with Crippen LogP contribution < -0.4 is 16.0 Å². The van der Waals surface area contributed by atoms with Gasteiger partial charge in [-0.1, -0.05) is 20.8 Å². The van der Waals surface area contributed by atoms with Gasteiger partial charge in [0, 0.05) is 13.0 Å². The Morgan fingerprint density at radius 1 is 1.20 bits per heavy atom. The minimum absolute atomic E-state index is 0. The Hall–Kier alpha value is -0.810. The molecule has 0 aliphatic carbocycles. The summed E-state index contributed by atoms with van der Waals surface area (Å²) in [5, 5.41) is 8.80. The van der Waals surface area contributed by atoms with Crippen molar-refractivity contribution in [2.45, 2.75) is 40.0 Å². The SMILES string of the molecule is CC(C)(C)CC(=O)NCC(=O)NCCC1CCNC1.Cl. The molecule has 2 amide bonds. The third-order valence-corrected chi connectivity index (χ3v) is 3.17. The van der Waals surface area contributed by atoms with Gasteiger partial charge in [-0.2, -0.15) is 0 Å². The van der Waals surface area contributed by atoms with Crippen LogP contribution >= 0.6 is 12.4 Å². The molecule has 0 saturated carbocycles. The van der Waals surface area contributed by atoms with Gasteiger partial charge in [-0.15, -0.1) is 12.4 Å². The second-order valence-corrected chi connectivity index (χ2v) is 6.51. The van der Waals surface area contributed by atoms with Crippen molar-refractivity contribution in [1.82, 2.24) is 16.0 Å².